The lowest BCUT2D eigenvalue weighted by Gasteiger charge is -2.21. The van der Waals surface area contributed by atoms with E-state index in [0.29, 0.717) is 11.2 Å². The molecule has 1 aliphatic heterocycles. The van der Waals surface area contributed by atoms with Crippen molar-refractivity contribution in [3.8, 4) is 0 Å². The Balaban J connectivity index is 1.74. The van der Waals surface area contributed by atoms with Gasteiger partial charge in [-0.3, -0.25) is 9.36 Å². The molecule has 3 heterocycles. The highest BCUT2D eigenvalue weighted by Gasteiger charge is 2.46. The number of fused-ring (bicyclic) bond motifs is 1. The third-order valence-corrected chi connectivity index (χ3v) is 4.21. The minimum Gasteiger partial charge on any atom is -0.438 e. The molecule has 0 aliphatic carbocycles. The molecular weight excluding hydrogens is 358 g/mol. The van der Waals surface area contributed by atoms with Gasteiger partial charge in [0.2, 0.25) is 0 Å². The zero-order chi connectivity index (χ0) is 19.8. The van der Waals surface area contributed by atoms with Crippen molar-refractivity contribution in [2.45, 2.75) is 45.3 Å². The number of carbonyl (C=O) groups excluding carboxylic acids is 1. The van der Waals surface area contributed by atoms with Gasteiger partial charge < -0.3 is 30.2 Å². The first-order chi connectivity index (χ1) is 12.7. The molecular formula is C16H23N5O6. The standard InChI is InChI=1S/C16H23N5O6/c1-16(2,3)15(24)26-7-25-11-8(4-22)27-14(10(11)23)21-6-20-9-12(17)18-5-19-13(9)21/h5-6,8,10-11,14,22-23H,4,7H2,1-3H3,(H2,17,18,19)/t8-,10?,11-,14-/m1/s1. The molecule has 0 aromatic carbocycles. The highest BCUT2D eigenvalue weighted by Crippen LogP contribution is 2.33. The summed E-state index contributed by atoms with van der Waals surface area (Å²) in [6, 6.07) is 0. The average Bonchev–Trinajstić information content (AvgIpc) is 3.16. The Morgan fingerprint density at radius 1 is 1.37 bits per heavy atom. The summed E-state index contributed by atoms with van der Waals surface area (Å²) in [5.74, 6) is -0.243. The van der Waals surface area contributed by atoms with E-state index in [-0.39, 0.29) is 12.6 Å². The number of imidazole rings is 1. The highest BCUT2D eigenvalue weighted by atomic mass is 16.7. The summed E-state index contributed by atoms with van der Waals surface area (Å²) in [5.41, 5.74) is 5.84. The first-order valence-corrected chi connectivity index (χ1v) is 8.40. The third-order valence-electron chi connectivity index (χ3n) is 4.21. The van der Waals surface area contributed by atoms with Gasteiger partial charge in [0.05, 0.1) is 18.3 Å². The van der Waals surface area contributed by atoms with E-state index in [1.54, 1.807) is 20.8 Å². The molecule has 148 valence electrons. The van der Waals surface area contributed by atoms with Gasteiger partial charge in [0.1, 0.15) is 30.2 Å². The van der Waals surface area contributed by atoms with Crippen LogP contribution in [-0.4, -0.2) is 67.4 Å². The third kappa shape index (κ3) is 3.72. The molecule has 2 aromatic rings. The van der Waals surface area contributed by atoms with E-state index < -0.39 is 42.5 Å². The molecule has 27 heavy (non-hydrogen) atoms. The van der Waals surface area contributed by atoms with Gasteiger partial charge in [-0.25, -0.2) is 15.0 Å². The van der Waals surface area contributed by atoms with Gasteiger partial charge in [-0.1, -0.05) is 0 Å². The molecule has 0 radical (unpaired) electrons. The predicted molar refractivity (Wildman–Crippen MR) is 92.0 cm³/mol. The van der Waals surface area contributed by atoms with Gasteiger partial charge in [0.15, 0.2) is 24.5 Å². The van der Waals surface area contributed by atoms with Crippen LogP contribution in [0.2, 0.25) is 0 Å². The van der Waals surface area contributed by atoms with Crippen LogP contribution in [-0.2, 0) is 19.0 Å². The Kier molecular flexibility index (Phi) is 5.29. The van der Waals surface area contributed by atoms with Crippen LogP contribution in [0.4, 0.5) is 5.82 Å². The van der Waals surface area contributed by atoms with Crippen molar-refractivity contribution in [2.24, 2.45) is 5.41 Å². The molecule has 0 spiro atoms. The smallest absolute Gasteiger partial charge is 0.313 e. The summed E-state index contributed by atoms with van der Waals surface area (Å²) in [7, 11) is 0. The second kappa shape index (κ2) is 7.35. The number of aliphatic hydroxyl groups is 2. The fraction of sp³-hybridized carbons (Fsp3) is 0.625. The molecule has 3 rings (SSSR count). The monoisotopic (exact) mass is 381 g/mol. The Labute approximate surface area is 155 Å². The first-order valence-electron chi connectivity index (χ1n) is 8.40. The van der Waals surface area contributed by atoms with Crippen LogP contribution >= 0.6 is 0 Å². The number of anilines is 1. The van der Waals surface area contributed by atoms with Crippen LogP contribution in [0.1, 0.15) is 27.0 Å². The molecule has 11 heteroatoms. The minimum atomic E-state index is -1.16. The predicted octanol–water partition coefficient (Wildman–Crippen LogP) is -0.409. The van der Waals surface area contributed by atoms with Crippen LogP contribution in [0, 0.1) is 5.41 Å². The van der Waals surface area contributed by atoms with E-state index in [2.05, 4.69) is 15.0 Å². The van der Waals surface area contributed by atoms with Gasteiger partial charge in [-0.2, -0.15) is 0 Å². The first kappa shape index (κ1) is 19.4. The quantitative estimate of drug-likeness (QED) is 0.460. The van der Waals surface area contributed by atoms with E-state index in [1.165, 1.54) is 17.2 Å². The Morgan fingerprint density at radius 2 is 2.11 bits per heavy atom. The average molecular weight is 381 g/mol. The van der Waals surface area contributed by atoms with Gasteiger partial charge in [-0.15, -0.1) is 0 Å². The summed E-state index contributed by atoms with van der Waals surface area (Å²) in [6.45, 7) is 4.38. The Morgan fingerprint density at radius 3 is 2.78 bits per heavy atom. The van der Waals surface area contributed by atoms with Crippen molar-refractivity contribution < 1.29 is 29.2 Å². The Hall–Kier alpha value is -2.34. The van der Waals surface area contributed by atoms with E-state index in [9.17, 15) is 15.0 Å². The van der Waals surface area contributed by atoms with Crippen molar-refractivity contribution in [1.29, 1.82) is 0 Å². The van der Waals surface area contributed by atoms with E-state index in [0.717, 1.165) is 0 Å². The maximum Gasteiger partial charge on any atom is 0.313 e. The number of hydrogen-bond acceptors (Lipinski definition) is 10. The summed E-state index contributed by atoms with van der Waals surface area (Å²) >= 11 is 0. The molecule has 2 aromatic heterocycles. The van der Waals surface area contributed by atoms with E-state index in [1.807, 2.05) is 0 Å². The summed E-state index contributed by atoms with van der Waals surface area (Å²) < 4.78 is 17.7. The fourth-order valence-electron chi connectivity index (χ4n) is 2.74. The number of rotatable bonds is 5. The molecule has 4 atom stereocenters. The number of aromatic nitrogens is 4. The van der Waals surface area contributed by atoms with Crippen LogP contribution in [0.15, 0.2) is 12.7 Å². The van der Waals surface area contributed by atoms with Gasteiger partial charge in [0, 0.05) is 0 Å². The van der Waals surface area contributed by atoms with Gasteiger partial charge >= 0.3 is 5.97 Å². The number of nitrogens with two attached hydrogens (primary N) is 1. The normalized spacial score (nSPS) is 25.8. The number of carbonyl (C=O) groups is 1. The number of aliphatic hydroxyl groups excluding tert-OH is 2. The molecule has 1 aliphatic rings. The lowest BCUT2D eigenvalue weighted by Crippen LogP contribution is -2.37. The topological polar surface area (TPSA) is 155 Å². The minimum absolute atomic E-state index is 0.201. The zero-order valence-electron chi connectivity index (χ0n) is 15.3. The number of hydrogen-bond donors (Lipinski definition) is 3. The lowest BCUT2D eigenvalue weighted by atomic mass is 9.98. The lowest BCUT2D eigenvalue weighted by molar-refractivity contribution is -0.177. The summed E-state index contributed by atoms with van der Waals surface area (Å²) in [6.07, 6.45) is -1.12. The van der Waals surface area contributed by atoms with Gasteiger partial charge in [0.25, 0.3) is 0 Å². The van der Waals surface area contributed by atoms with Crippen molar-refractivity contribution >= 4 is 23.0 Å². The molecule has 4 N–H and O–H groups in total. The van der Waals surface area contributed by atoms with Crippen LogP contribution in [0.3, 0.4) is 0 Å². The SMILES string of the molecule is CC(C)(C)C(=O)OCO[C@H]1C(O)[C@H](n2cnc3c(N)ncnc32)O[C@@H]1CO. The maximum atomic E-state index is 11.8. The van der Waals surface area contributed by atoms with Crippen molar-refractivity contribution in [2.75, 3.05) is 19.1 Å². The molecule has 0 saturated carbocycles. The van der Waals surface area contributed by atoms with Crippen LogP contribution in [0.25, 0.3) is 11.2 Å². The maximum absolute atomic E-state index is 11.8. The molecule has 11 nitrogen and oxygen atoms in total. The zero-order valence-corrected chi connectivity index (χ0v) is 15.3. The second-order valence-electron chi connectivity index (χ2n) is 7.25. The fourth-order valence-corrected chi connectivity index (χ4v) is 2.74. The summed E-state index contributed by atoms with van der Waals surface area (Å²) in [4.78, 5) is 23.9. The van der Waals surface area contributed by atoms with Crippen LogP contribution in [0.5, 0.6) is 0 Å². The van der Waals surface area contributed by atoms with Crippen molar-refractivity contribution in [3.63, 3.8) is 0 Å². The van der Waals surface area contributed by atoms with E-state index >= 15 is 0 Å². The number of nitrogens with zero attached hydrogens (tertiary/aromatic N) is 4. The molecule has 0 amide bonds. The van der Waals surface area contributed by atoms with E-state index in [4.69, 9.17) is 19.9 Å². The second-order valence-corrected chi connectivity index (χ2v) is 7.25. The number of ether oxygens (including phenoxy) is 3. The van der Waals surface area contributed by atoms with Crippen LogP contribution < -0.4 is 5.73 Å². The number of nitrogen functional groups attached to an aromatic ring is 1. The molecule has 1 unspecified atom stereocenters. The molecule has 1 fully saturated rings. The molecule has 1 saturated heterocycles. The van der Waals surface area contributed by atoms with Crippen molar-refractivity contribution in [3.05, 3.63) is 12.7 Å². The Bertz CT molecular complexity index is 819. The molecule has 0 bridgehead atoms. The van der Waals surface area contributed by atoms with Gasteiger partial charge in [-0.05, 0) is 20.8 Å². The summed E-state index contributed by atoms with van der Waals surface area (Å²) in [5, 5.41) is 20.2. The largest absolute Gasteiger partial charge is 0.438 e. The highest BCUT2D eigenvalue weighted by molar-refractivity contribution is 5.81. The van der Waals surface area contributed by atoms with Crippen molar-refractivity contribution in [1.82, 2.24) is 19.5 Å². The number of esters is 1.